The van der Waals surface area contributed by atoms with Gasteiger partial charge < -0.3 is 10.4 Å². The molecule has 0 heterocycles. The van der Waals surface area contributed by atoms with Crippen LogP contribution >= 0.6 is 0 Å². The van der Waals surface area contributed by atoms with Crippen molar-refractivity contribution >= 4 is 5.69 Å². The summed E-state index contributed by atoms with van der Waals surface area (Å²) in [5.41, 5.74) is 1.92. The molecule has 0 radical (unpaired) electrons. The van der Waals surface area contributed by atoms with Crippen LogP contribution in [0.5, 0.6) is 5.75 Å². The van der Waals surface area contributed by atoms with Crippen molar-refractivity contribution in [2.45, 2.75) is 39.7 Å². The fraction of sp³-hybridized carbons (Fsp3) is 0.500. The molecular formula is C12H19NO. The largest absolute Gasteiger partial charge is 0.508 e. The van der Waals surface area contributed by atoms with Gasteiger partial charge in [0.1, 0.15) is 5.75 Å². The molecule has 0 fully saturated rings. The van der Waals surface area contributed by atoms with E-state index in [1.807, 2.05) is 19.1 Å². The minimum absolute atomic E-state index is 0.362. The second-order valence-corrected chi connectivity index (χ2v) is 3.66. The van der Waals surface area contributed by atoms with Crippen molar-refractivity contribution in [1.82, 2.24) is 0 Å². The van der Waals surface area contributed by atoms with E-state index < -0.39 is 0 Å². The van der Waals surface area contributed by atoms with Gasteiger partial charge in [0, 0.05) is 17.8 Å². The first-order valence-corrected chi connectivity index (χ1v) is 5.23. The average Bonchev–Trinajstić information content (AvgIpc) is 2.19. The molecule has 0 saturated heterocycles. The van der Waals surface area contributed by atoms with Crippen molar-refractivity contribution in [3.8, 4) is 5.75 Å². The molecule has 1 rings (SSSR count). The molecule has 78 valence electrons. The summed E-state index contributed by atoms with van der Waals surface area (Å²) in [7, 11) is 0. The molecule has 0 spiro atoms. The van der Waals surface area contributed by atoms with E-state index in [0.717, 1.165) is 24.1 Å². The number of hydrogen-bond donors (Lipinski definition) is 2. The van der Waals surface area contributed by atoms with Crippen molar-refractivity contribution in [3.05, 3.63) is 23.8 Å². The molecule has 1 aromatic carbocycles. The minimum Gasteiger partial charge on any atom is -0.508 e. The van der Waals surface area contributed by atoms with Crippen molar-refractivity contribution in [2.75, 3.05) is 5.32 Å². The Labute approximate surface area is 86.0 Å². The third kappa shape index (κ3) is 2.66. The zero-order valence-electron chi connectivity index (χ0n) is 9.17. The van der Waals surface area contributed by atoms with Gasteiger partial charge in [-0.2, -0.15) is 0 Å². The predicted octanol–water partition coefficient (Wildman–Crippen LogP) is 3.30. The standard InChI is InChI=1S/C12H19NO/c1-4-10(5-2)13-11-7-6-9(3)12(14)8-11/h6-8,10,13-14H,4-5H2,1-3H3. The first kappa shape index (κ1) is 10.9. The molecule has 0 unspecified atom stereocenters. The van der Waals surface area contributed by atoms with E-state index in [2.05, 4.69) is 19.2 Å². The maximum atomic E-state index is 9.52. The molecule has 0 aliphatic carbocycles. The summed E-state index contributed by atoms with van der Waals surface area (Å²) in [5.74, 6) is 0.362. The van der Waals surface area contributed by atoms with Crippen LogP contribution in [0.1, 0.15) is 32.3 Å². The number of rotatable bonds is 4. The molecule has 0 bridgehead atoms. The Bertz CT molecular complexity index is 292. The summed E-state index contributed by atoms with van der Waals surface area (Å²) in [6, 6.07) is 6.22. The molecule has 2 heteroatoms. The first-order valence-electron chi connectivity index (χ1n) is 5.23. The van der Waals surface area contributed by atoms with Crippen LogP contribution in [-0.4, -0.2) is 11.1 Å². The third-order valence-corrected chi connectivity index (χ3v) is 2.57. The summed E-state index contributed by atoms with van der Waals surface area (Å²) < 4.78 is 0. The quantitative estimate of drug-likeness (QED) is 0.769. The lowest BCUT2D eigenvalue weighted by Crippen LogP contribution is -2.16. The molecule has 0 saturated carbocycles. The number of phenolic OH excluding ortho intramolecular Hbond substituents is 1. The summed E-state index contributed by atoms with van der Waals surface area (Å²) in [6.45, 7) is 6.22. The van der Waals surface area contributed by atoms with Crippen LogP contribution in [0, 0.1) is 6.92 Å². The monoisotopic (exact) mass is 193 g/mol. The average molecular weight is 193 g/mol. The molecule has 2 nitrogen and oxygen atoms in total. The maximum absolute atomic E-state index is 9.52. The number of aromatic hydroxyl groups is 1. The molecular weight excluding hydrogens is 174 g/mol. The molecule has 1 aromatic rings. The predicted molar refractivity (Wildman–Crippen MR) is 60.8 cm³/mol. The first-order chi connectivity index (χ1) is 6.67. The summed E-state index contributed by atoms with van der Waals surface area (Å²) in [4.78, 5) is 0. The number of phenols is 1. The van der Waals surface area contributed by atoms with E-state index in [4.69, 9.17) is 0 Å². The molecule has 0 aliphatic heterocycles. The Morgan fingerprint density at radius 3 is 2.43 bits per heavy atom. The van der Waals surface area contributed by atoms with E-state index in [1.54, 1.807) is 6.07 Å². The summed E-state index contributed by atoms with van der Waals surface area (Å²) in [6.07, 6.45) is 2.20. The van der Waals surface area contributed by atoms with Gasteiger partial charge in [-0.1, -0.05) is 19.9 Å². The van der Waals surface area contributed by atoms with E-state index in [-0.39, 0.29) is 0 Å². The third-order valence-electron chi connectivity index (χ3n) is 2.57. The van der Waals surface area contributed by atoms with Crippen LogP contribution in [0.4, 0.5) is 5.69 Å². The highest BCUT2D eigenvalue weighted by molar-refractivity contribution is 5.51. The maximum Gasteiger partial charge on any atom is 0.120 e. The molecule has 0 amide bonds. The van der Waals surface area contributed by atoms with Gasteiger partial charge in [0.2, 0.25) is 0 Å². The van der Waals surface area contributed by atoms with Crippen molar-refractivity contribution < 1.29 is 5.11 Å². The van der Waals surface area contributed by atoms with Gasteiger partial charge in [-0.05, 0) is 31.4 Å². The van der Waals surface area contributed by atoms with Gasteiger partial charge in [-0.3, -0.25) is 0 Å². The fourth-order valence-corrected chi connectivity index (χ4v) is 1.43. The van der Waals surface area contributed by atoms with Crippen LogP contribution in [0.25, 0.3) is 0 Å². The SMILES string of the molecule is CCC(CC)Nc1ccc(C)c(O)c1. The molecule has 0 aliphatic rings. The topological polar surface area (TPSA) is 32.3 Å². The zero-order valence-corrected chi connectivity index (χ0v) is 9.17. The van der Waals surface area contributed by atoms with Crippen molar-refractivity contribution in [2.24, 2.45) is 0 Å². The fourth-order valence-electron chi connectivity index (χ4n) is 1.43. The number of benzene rings is 1. The lowest BCUT2D eigenvalue weighted by atomic mass is 10.1. The second-order valence-electron chi connectivity index (χ2n) is 3.66. The second kappa shape index (κ2) is 4.89. The van der Waals surface area contributed by atoms with Gasteiger partial charge in [0.05, 0.1) is 0 Å². The highest BCUT2D eigenvalue weighted by Crippen LogP contribution is 2.22. The van der Waals surface area contributed by atoms with Gasteiger partial charge in [-0.25, -0.2) is 0 Å². The van der Waals surface area contributed by atoms with E-state index in [0.29, 0.717) is 11.8 Å². The van der Waals surface area contributed by atoms with Crippen molar-refractivity contribution in [3.63, 3.8) is 0 Å². The lowest BCUT2D eigenvalue weighted by Gasteiger charge is -2.16. The zero-order chi connectivity index (χ0) is 10.6. The van der Waals surface area contributed by atoms with Crippen LogP contribution in [0.3, 0.4) is 0 Å². The molecule has 14 heavy (non-hydrogen) atoms. The molecule has 0 atom stereocenters. The van der Waals surface area contributed by atoms with E-state index in [9.17, 15) is 5.11 Å². The smallest absolute Gasteiger partial charge is 0.120 e. The lowest BCUT2D eigenvalue weighted by molar-refractivity contribution is 0.471. The van der Waals surface area contributed by atoms with Crippen LogP contribution in [0.2, 0.25) is 0 Å². The Balaban J connectivity index is 2.72. The van der Waals surface area contributed by atoms with Gasteiger partial charge in [0.15, 0.2) is 0 Å². The van der Waals surface area contributed by atoms with E-state index >= 15 is 0 Å². The Kier molecular flexibility index (Phi) is 3.81. The van der Waals surface area contributed by atoms with Crippen molar-refractivity contribution in [1.29, 1.82) is 0 Å². The summed E-state index contributed by atoms with van der Waals surface area (Å²) >= 11 is 0. The van der Waals surface area contributed by atoms with Gasteiger partial charge in [-0.15, -0.1) is 0 Å². The summed E-state index contributed by atoms with van der Waals surface area (Å²) in [5, 5.41) is 12.9. The van der Waals surface area contributed by atoms with Crippen LogP contribution < -0.4 is 5.32 Å². The van der Waals surface area contributed by atoms with Crippen LogP contribution in [-0.2, 0) is 0 Å². The molecule has 2 N–H and O–H groups in total. The number of nitrogens with one attached hydrogen (secondary N) is 1. The number of hydrogen-bond acceptors (Lipinski definition) is 2. The van der Waals surface area contributed by atoms with Gasteiger partial charge >= 0.3 is 0 Å². The van der Waals surface area contributed by atoms with Crippen LogP contribution in [0.15, 0.2) is 18.2 Å². The van der Waals surface area contributed by atoms with Gasteiger partial charge in [0.25, 0.3) is 0 Å². The molecule has 0 aromatic heterocycles. The Morgan fingerprint density at radius 1 is 1.29 bits per heavy atom. The highest BCUT2D eigenvalue weighted by Gasteiger charge is 2.03. The number of aryl methyl sites for hydroxylation is 1. The Morgan fingerprint density at radius 2 is 1.93 bits per heavy atom. The highest BCUT2D eigenvalue weighted by atomic mass is 16.3. The normalized spacial score (nSPS) is 10.6. The minimum atomic E-state index is 0.362. The Hall–Kier alpha value is -1.18. The number of anilines is 1. The van der Waals surface area contributed by atoms with E-state index in [1.165, 1.54) is 0 Å².